The molecule has 24 heavy (non-hydrogen) atoms. The number of nitrogens with one attached hydrogen (secondary N) is 3. The molecule has 0 radical (unpaired) electrons. The van der Waals surface area contributed by atoms with Crippen LogP contribution >= 0.6 is 0 Å². The highest BCUT2D eigenvalue weighted by atomic mass is 16.5. The first-order valence-electron chi connectivity index (χ1n) is 7.24. The van der Waals surface area contributed by atoms with Gasteiger partial charge < -0.3 is 25.4 Å². The smallest absolute Gasteiger partial charge is 0.319 e. The highest BCUT2D eigenvalue weighted by Gasteiger charge is 2.08. The van der Waals surface area contributed by atoms with Crippen LogP contribution in [0.15, 0.2) is 48.5 Å². The molecule has 3 amide bonds. The fourth-order valence-corrected chi connectivity index (χ4v) is 1.95. The summed E-state index contributed by atoms with van der Waals surface area (Å²) < 4.78 is 10.2. The second-order valence-electron chi connectivity index (χ2n) is 4.78. The summed E-state index contributed by atoms with van der Waals surface area (Å²) >= 11 is 0. The standard InChI is InChI=1S/C17H19N3O4/c1-23-13-9-7-12(8-10-13)19-16(21)11-18-17(22)20-14-5-3-4-6-15(14)24-2/h3-10H,11H2,1-2H3,(H,19,21)(H2,18,20,22). The molecule has 0 aliphatic carbocycles. The number of hydrogen-bond donors (Lipinski definition) is 3. The van der Waals surface area contributed by atoms with Crippen LogP contribution in [0.3, 0.4) is 0 Å². The van der Waals surface area contributed by atoms with Crippen molar-refractivity contribution in [2.45, 2.75) is 0 Å². The third kappa shape index (κ3) is 4.91. The molecule has 2 aromatic carbocycles. The van der Waals surface area contributed by atoms with E-state index in [-0.39, 0.29) is 12.5 Å². The van der Waals surface area contributed by atoms with E-state index in [1.165, 1.54) is 7.11 Å². The van der Waals surface area contributed by atoms with Gasteiger partial charge in [0.1, 0.15) is 11.5 Å². The fraction of sp³-hybridized carbons (Fsp3) is 0.176. The van der Waals surface area contributed by atoms with Crippen molar-refractivity contribution >= 4 is 23.3 Å². The third-order valence-corrected chi connectivity index (χ3v) is 3.14. The second kappa shape index (κ2) is 8.42. The van der Waals surface area contributed by atoms with Crippen LogP contribution in [0.5, 0.6) is 11.5 Å². The van der Waals surface area contributed by atoms with E-state index in [2.05, 4.69) is 16.0 Å². The number of carbonyl (C=O) groups is 2. The van der Waals surface area contributed by atoms with Crippen LogP contribution in [0.2, 0.25) is 0 Å². The van der Waals surface area contributed by atoms with Gasteiger partial charge in [0.05, 0.1) is 26.5 Å². The van der Waals surface area contributed by atoms with Crippen LogP contribution in [0.4, 0.5) is 16.2 Å². The van der Waals surface area contributed by atoms with E-state index >= 15 is 0 Å². The molecule has 0 unspecified atom stereocenters. The number of anilines is 2. The van der Waals surface area contributed by atoms with Gasteiger partial charge >= 0.3 is 6.03 Å². The highest BCUT2D eigenvalue weighted by Crippen LogP contribution is 2.22. The number of ether oxygens (including phenoxy) is 2. The monoisotopic (exact) mass is 329 g/mol. The number of para-hydroxylation sites is 2. The second-order valence-corrected chi connectivity index (χ2v) is 4.78. The fourth-order valence-electron chi connectivity index (χ4n) is 1.95. The van der Waals surface area contributed by atoms with Gasteiger partial charge in [0.15, 0.2) is 0 Å². The first-order valence-corrected chi connectivity index (χ1v) is 7.24. The lowest BCUT2D eigenvalue weighted by Gasteiger charge is -2.11. The van der Waals surface area contributed by atoms with Crippen molar-refractivity contribution in [3.05, 3.63) is 48.5 Å². The van der Waals surface area contributed by atoms with E-state index in [0.29, 0.717) is 22.9 Å². The molecule has 0 saturated heterocycles. The van der Waals surface area contributed by atoms with Crippen molar-refractivity contribution in [2.75, 3.05) is 31.4 Å². The summed E-state index contributed by atoms with van der Waals surface area (Å²) in [6.45, 7) is -0.160. The number of hydrogen-bond acceptors (Lipinski definition) is 4. The van der Waals surface area contributed by atoms with Crippen molar-refractivity contribution < 1.29 is 19.1 Å². The maximum absolute atomic E-state index is 11.8. The molecule has 2 aromatic rings. The topological polar surface area (TPSA) is 88.7 Å². The Hall–Kier alpha value is -3.22. The van der Waals surface area contributed by atoms with Gasteiger partial charge in [-0.2, -0.15) is 0 Å². The van der Waals surface area contributed by atoms with Gasteiger partial charge in [-0.3, -0.25) is 4.79 Å². The Bertz CT molecular complexity index is 701. The molecule has 3 N–H and O–H groups in total. The normalized spacial score (nSPS) is 9.75. The summed E-state index contributed by atoms with van der Waals surface area (Å²) in [5.41, 5.74) is 1.14. The molecule has 0 bridgehead atoms. The highest BCUT2D eigenvalue weighted by molar-refractivity contribution is 5.97. The molecule has 0 aliphatic heterocycles. The summed E-state index contributed by atoms with van der Waals surface area (Å²) in [5.74, 6) is 0.896. The molecule has 0 saturated carbocycles. The Morgan fingerprint density at radius 1 is 0.917 bits per heavy atom. The van der Waals surface area contributed by atoms with Gasteiger partial charge in [0, 0.05) is 5.69 Å². The number of methoxy groups -OCH3 is 2. The molecule has 126 valence electrons. The first-order chi connectivity index (χ1) is 11.6. The predicted molar refractivity (Wildman–Crippen MR) is 91.6 cm³/mol. The van der Waals surface area contributed by atoms with Gasteiger partial charge in [0.2, 0.25) is 5.91 Å². The number of benzene rings is 2. The van der Waals surface area contributed by atoms with Crippen LogP contribution in [-0.2, 0) is 4.79 Å². The van der Waals surface area contributed by atoms with Crippen LogP contribution in [0.25, 0.3) is 0 Å². The van der Waals surface area contributed by atoms with E-state index in [9.17, 15) is 9.59 Å². The van der Waals surface area contributed by atoms with Crippen LogP contribution < -0.4 is 25.4 Å². The van der Waals surface area contributed by atoms with Crippen molar-refractivity contribution in [1.29, 1.82) is 0 Å². The molecular formula is C17H19N3O4. The van der Waals surface area contributed by atoms with Gasteiger partial charge in [-0.05, 0) is 36.4 Å². The van der Waals surface area contributed by atoms with E-state index in [0.717, 1.165) is 0 Å². The Morgan fingerprint density at radius 3 is 2.29 bits per heavy atom. The average molecular weight is 329 g/mol. The number of amides is 3. The molecule has 0 aliphatic rings. The molecular weight excluding hydrogens is 310 g/mol. The lowest BCUT2D eigenvalue weighted by atomic mass is 10.3. The van der Waals surface area contributed by atoms with E-state index in [1.54, 1.807) is 55.6 Å². The molecule has 0 aromatic heterocycles. The molecule has 0 fully saturated rings. The quantitative estimate of drug-likeness (QED) is 0.759. The van der Waals surface area contributed by atoms with Crippen LogP contribution in [0.1, 0.15) is 0 Å². The minimum Gasteiger partial charge on any atom is -0.497 e. The maximum atomic E-state index is 11.8. The van der Waals surface area contributed by atoms with Crippen molar-refractivity contribution in [1.82, 2.24) is 5.32 Å². The number of carbonyl (C=O) groups excluding carboxylic acids is 2. The molecule has 0 atom stereocenters. The van der Waals surface area contributed by atoms with Crippen LogP contribution in [-0.4, -0.2) is 32.7 Å². The largest absolute Gasteiger partial charge is 0.497 e. The Labute approximate surface area is 140 Å². The van der Waals surface area contributed by atoms with E-state index in [4.69, 9.17) is 9.47 Å². The molecule has 0 heterocycles. The lowest BCUT2D eigenvalue weighted by molar-refractivity contribution is -0.115. The zero-order valence-corrected chi connectivity index (χ0v) is 13.5. The molecule has 0 spiro atoms. The summed E-state index contributed by atoms with van der Waals surface area (Å²) in [5, 5.41) is 7.78. The van der Waals surface area contributed by atoms with Gasteiger partial charge in [-0.25, -0.2) is 4.79 Å². The average Bonchev–Trinajstić information content (AvgIpc) is 2.61. The zero-order valence-electron chi connectivity index (χ0n) is 13.5. The zero-order chi connectivity index (χ0) is 17.4. The number of urea groups is 1. The third-order valence-electron chi connectivity index (χ3n) is 3.14. The van der Waals surface area contributed by atoms with Gasteiger partial charge in [-0.1, -0.05) is 12.1 Å². The number of rotatable bonds is 6. The summed E-state index contributed by atoms with van der Waals surface area (Å²) in [6.07, 6.45) is 0. The summed E-state index contributed by atoms with van der Waals surface area (Å²) in [6, 6.07) is 13.4. The molecule has 7 heteroatoms. The van der Waals surface area contributed by atoms with E-state index in [1.807, 2.05) is 0 Å². The van der Waals surface area contributed by atoms with Gasteiger partial charge in [-0.15, -0.1) is 0 Å². The predicted octanol–water partition coefficient (Wildman–Crippen LogP) is 2.46. The Morgan fingerprint density at radius 2 is 1.62 bits per heavy atom. The van der Waals surface area contributed by atoms with Crippen molar-refractivity contribution in [3.8, 4) is 11.5 Å². The molecule has 2 rings (SSSR count). The van der Waals surface area contributed by atoms with Crippen LogP contribution in [0, 0.1) is 0 Å². The Balaban J connectivity index is 1.81. The van der Waals surface area contributed by atoms with Crippen molar-refractivity contribution in [2.24, 2.45) is 0 Å². The summed E-state index contributed by atoms with van der Waals surface area (Å²) in [4.78, 5) is 23.7. The van der Waals surface area contributed by atoms with Gasteiger partial charge in [0.25, 0.3) is 0 Å². The molecule has 7 nitrogen and oxygen atoms in total. The van der Waals surface area contributed by atoms with Crippen molar-refractivity contribution in [3.63, 3.8) is 0 Å². The lowest BCUT2D eigenvalue weighted by Crippen LogP contribution is -2.35. The SMILES string of the molecule is COc1ccc(NC(=O)CNC(=O)Nc2ccccc2OC)cc1. The minimum absolute atomic E-state index is 0.160. The Kier molecular flexibility index (Phi) is 6.01. The van der Waals surface area contributed by atoms with E-state index < -0.39 is 6.03 Å². The maximum Gasteiger partial charge on any atom is 0.319 e. The minimum atomic E-state index is -0.496. The first kappa shape index (κ1) is 17.1. The summed E-state index contributed by atoms with van der Waals surface area (Å²) in [7, 11) is 3.08.